The number of nitrogens with one attached hydrogen (secondary N) is 1. The second kappa shape index (κ2) is 7.28. The summed E-state index contributed by atoms with van der Waals surface area (Å²) in [5, 5.41) is 11.3. The van der Waals surface area contributed by atoms with Gasteiger partial charge in [-0.2, -0.15) is 0 Å². The third kappa shape index (κ3) is 6.97. The number of hydrogen-bond acceptors (Lipinski definition) is 4. The number of carboxylic acids is 1. The maximum atomic E-state index is 12.0. The van der Waals surface area contributed by atoms with Gasteiger partial charge < -0.3 is 20.1 Å². The fourth-order valence-electron chi connectivity index (χ4n) is 2.11. The Morgan fingerprint density at radius 2 is 1.95 bits per heavy atom. The molecule has 0 unspecified atom stereocenters. The van der Waals surface area contributed by atoms with Crippen LogP contribution in [0.3, 0.4) is 0 Å². The van der Waals surface area contributed by atoms with Crippen LogP contribution in [0.1, 0.15) is 46.5 Å². The van der Waals surface area contributed by atoms with Crippen LogP contribution in [0, 0.1) is 0 Å². The molecule has 2 N–H and O–H groups in total. The Morgan fingerprint density at radius 1 is 1.29 bits per heavy atom. The molecule has 1 fully saturated rings. The molecule has 0 aromatic rings. The first-order valence-electron chi connectivity index (χ1n) is 7.16. The van der Waals surface area contributed by atoms with Gasteiger partial charge in [0.2, 0.25) is 5.91 Å². The maximum absolute atomic E-state index is 12.0. The summed E-state index contributed by atoms with van der Waals surface area (Å²) in [6, 6.07) is -0.146. The van der Waals surface area contributed by atoms with Gasteiger partial charge >= 0.3 is 12.1 Å². The van der Waals surface area contributed by atoms with Crippen LogP contribution in [0.2, 0.25) is 0 Å². The maximum Gasteiger partial charge on any atom is 0.410 e. The van der Waals surface area contributed by atoms with Crippen molar-refractivity contribution in [1.29, 1.82) is 0 Å². The quantitative estimate of drug-likeness (QED) is 0.817. The summed E-state index contributed by atoms with van der Waals surface area (Å²) in [5.41, 5.74) is -0.547. The van der Waals surface area contributed by atoms with Crippen LogP contribution >= 0.6 is 0 Å². The lowest BCUT2D eigenvalue weighted by Crippen LogP contribution is -2.50. The molecule has 1 atom stereocenters. The summed E-state index contributed by atoms with van der Waals surface area (Å²) in [5.74, 6) is -1.29. The van der Waals surface area contributed by atoms with Crippen molar-refractivity contribution in [3.05, 3.63) is 0 Å². The van der Waals surface area contributed by atoms with Crippen LogP contribution in [0.25, 0.3) is 0 Å². The molecule has 0 aromatic carbocycles. The average Bonchev–Trinajstić information content (AvgIpc) is 2.34. The molecule has 1 aliphatic rings. The smallest absolute Gasteiger partial charge is 0.410 e. The Morgan fingerprint density at radius 3 is 2.52 bits per heavy atom. The molecule has 0 spiro atoms. The van der Waals surface area contributed by atoms with Crippen molar-refractivity contribution in [3.63, 3.8) is 0 Å². The van der Waals surface area contributed by atoms with Crippen LogP contribution in [0.4, 0.5) is 4.79 Å². The molecule has 1 heterocycles. The molecule has 1 rings (SSSR count). The van der Waals surface area contributed by atoms with Crippen LogP contribution in [-0.4, -0.2) is 52.7 Å². The Balaban J connectivity index is 2.43. The summed E-state index contributed by atoms with van der Waals surface area (Å²) < 4.78 is 5.31. The van der Waals surface area contributed by atoms with Crippen molar-refractivity contribution in [2.24, 2.45) is 0 Å². The standard InChI is InChI=1S/C14H24N2O5/c1-14(2,3)21-13(20)16-8-4-5-10(9-16)15-11(17)6-7-12(18)19/h10H,4-9H2,1-3H3,(H,15,17)(H,18,19)/t10-/m0/s1. The van der Waals surface area contributed by atoms with Crippen LogP contribution in [-0.2, 0) is 14.3 Å². The summed E-state index contributed by atoms with van der Waals surface area (Å²) in [6.07, 6.45) is 0.945. The number of nitrogens with zero attached hydrogens (tertiary/aromatic N) is 1. The molecule has 7 heteroatoms. The topological polar surface area (TPSA) is 95.9 Å². The second-order valence-corrected chi connectivity index (χ2v) is 6.23. The zero-order valence-corrected chi connectivity index (χ0v) is 12.8. The van der Waals surface area contributed by atoms with Gasteiger partial charge in [0.05, 0.1) is 6.42 Å². The molecule has 1 saturated heterocycles. The van der Waals surface area contributed by atoms with Gasteiger partial charge in [-0.15, -0.1) is 0 Å². The van der Waals surface area contributed by atoms with Gasteiger partial charge in [0.15, 0.2) is 0 Å². The number of ether oxygens (including phenoxy) is 1. The van der Waals surface area contributed by atoms with E-state index < -0.39 is 11.6 Å². The summed E-state index contributed by atoms with van der Waals surface area (Å²) in [7, 11) is 0. The van der Waals surface area contributed by atoms with E-state index in [-0.39, 0.29) is 30.9 Å². The molecule has 120 valence electrons. The van der Waals surface area contributed by atoms with Gasteiger partial charge in [-0.1, -0.05) is 0 Å². The molecule has 7 nitrogen and oxygen atoms in total. The molecule has 2 amide bonds. The highest BCUT2D eigenvalue weighted by Crippen LogP contribution is 2.15. The Bertz CT molecular complexity index is 403. The number of carbonyl (C=O) groups excluding carboxylic acids is 2. The van der Waals surface area contributed by atoms with E-state index >= 15 is 0 Å². The van der Waals surface area contributed by atoms with E-state index in [0.717, 1.165) is 12.8 Å². The third-order valence-electron chi connectivity index (χ3n) is 3.00. The van der Waals surface area contributed by atoms with Gasteiger partial charge in [-0.25, -0.2) is 4.79 Å². The fourth-order valence-corrected chi connectivity index (χ4v) is 2.11. The minimum atomic E-state index is -0.996. The number of carboxylic acid groups (broad SMARTS) is 1. The van der Waals surface area contributed by atoms with Gasteiger partial charge in [-0.05, 0) is 33.6 Å². The minimum absolute atomic E-state index is 0.0434. The zero-order chi connectivity index (χ0) is 16.0. The number of carbonyl (C=O) groups is 3. The third-order valence-corrected chi connectivity index (χ3v) is 3.00. The Labute approximate surface area is 124 Å². The van der Waals surface area contributed by atoms with E-state index in [1.807, 2.05) is 0 Å². The molecular weight excluding hydrogens is 276 g/mol. The van der Waals surface area contributed by atoms with Crippen LogP contribution < -0.4 is 5.32 Å². The SMILES string of the molecule is CC(C)(C)OC(=O)N1CCC[C@H](NC(=O)CCC(=O)O)C1. The zero-order valence-electron chi connectivity index (χ0n) is 12.8. The number of aliphatic carboxylic acids is 1. The number of hydrogen-bond donors (Lipinski definition) is 2. The monoisotopic (exact) mass is 300 g/mol. The number of piperidine rings is 1. The molecule has 0 radical (unpaired) electrons. The number of likely N-dealkylation sites (tertiary alicyclic amines) is 1. The highest BCUT2D eigenvalue weighted by molar-refractivity contribution is 5.80. The Hall–Kier alpha value is -1.79. The van der Waals surface area contributed by atoms with Crippen LogP contribution in [0.5, 0.6) is 0 Å². The largest absolute Gasteiger partial charge is 0.481 e. The van der Waals surface area contributed by atoms with Crippen LogP contribution in [0.15, 0.2) is 0 Å². The predicted molar refractivity (Wildman–Crippen MR) is 75.8 cm³/mol. The lowest BCUT2D eigenvalue weighted by atomic mass is 10.1. The highest BCUT2D eigenvalue weighted by atomic mass is 16.6. The first-order valence-corrected chi connectivity index (χ1v) is 7.16. The lowest BCUT2D eigenvalue weighted by molar-refractivity contribution is -0.139. The van der Waals surface area contributed by atoms with Crippen molar-refractivity contribution in [2.75, 3.05) is 13.1 Å². The van der Waals surface area contributed by atoms with E-state index in [2.05, 4.69) is 5.32 Å². The summed E-state index contributed by atoms with van der Waals surface area (Å²) in [6.45, 7) is 6.42. The van der Waals surface area contributed by atoms with Crippen molar-refractivity contribution < 1.29 is 24.2 Å². The van der Waals surface area contributed by atoms with E-state index in [9.17, 15) is 14.4 Å². The molecule has 0 aromatic heterocycles. The van der Waals surface area contributed by atoms with Gasteiger partial charge in [0, 0.05) is 25.6 Å². The van der Waals surface area contributed by atoms with Crippen molar-refractivity contribution in [2.45, 2.75) is 58.1 Å². The minimum Gasteiger partial charge on any atom is -0.481 e. The normalized spacial score (nSPS) is 19.0. The highest BCUT2D eigenvalue weighted by Gasteiger charge is 2.28. The fraction of sp³-hybridized carbons (Fsp3) is 0.786. The van der Waals surface area contributed by atoms with E-state index in [0.29, 0.717) is 13.1 Å². The molecule has 0 saturated carbocycles. The van der Waals surface area contributed by atoms with Gasteiger partial charge in [0.25, 0.3) is 0 Å². The summed E-state index contributed by atoms with van der Waals surface area (Å²) >= 11 is 0. The molecule has 0 bridgehead atoms. The molecule has 21 heavy (non-hydrogen) atoms. The predicted octanol–water partition coefficient (Wildman–Crippen LogP) is 1.37. The summed E-state index contributed by atoms with van der Waals surface area (Å²) in [4.78, 5) is 35.6. The van der Waals surface area contributed by atoms with E-state index in [1.54, 1.807) is 25.7 Å². The number of rotatable bonds is 4. The Kier molecular flexibility index (Phi) is 5.99. The van der Waals surface area contributed by atoms with Crippen molar-refractivity contribution in [3.8, 4) is 0 Å². The molecular formula is C14H24N2O5. The second-order valence-electron chi connectivity index (χ2n) is 6.23. The molecule has 1 aliphatic heterocycles. The van der Waals surface area contributed by atoms with Gasteiger partial charge in [-0.3, -0.25) is 9.59 Å². The van der Waals surface area contributed by atoms with Gasteiger partial charge in [0.1, 0.15) is 5.60 Å². The van der Waals surface area contributed by atoms with E-state index in [1.165, 1.54) is 0 Å². The first kappa shape index (κ1) is 17.3. The number of amides is 2. The molecule has 0 aliphatic carbocycles. The first-order chi connectivity index (χ1) is 9.67. The van der Waals surface area contributed by atoms with E-state index in [4.69, 9.17) is 9.84 Å². The lowest BCUT2D eigenvalue weighted by Gasteiger charge is -2.34. The average molecular weight is 300 g/mol. The van der Waals surface area contributed by atoms with Crippen molar-refractivity contribution >= 4 is 18.0 Å². The van der Waals surface area contributed by atoms with Crippen molar-refractivity contribution in [1.82, 2.24) is 10.2 Å².